The monoisotopic (exact) mass is 355 g/mol. The Hall–Kier alpha value is -2.64. The van der Waals surface area contributed by atoms with Crippen molar-refractivity contribution in [3.05, 3.63) is 53.4 Å². The van der Waals surface area contributed by atoms with Gasteiger partial charge in [-0.2, -0.15) is 27.6 Å². The highest BCUT2D eigenvalue weighted by molar-refractivity contribution is 5.99. The van der Waals surface area contributed by atoms with E-state index in [0.29, 0.717) is 29.5 Å². The lowest BCUT2D eigenvalue weighted by atomic mass is 10.1. The number of halogens is 4. The van der Waals surface area contributed by atoms with Crippen LogP contribution in [0, 0.1) is 29.4 Å². The molecule has 0 aliphatic heterocycles. The third-order valence-electron chi connectivity index (χ3n) is 3.19. The summed E-state index contributed by atoms with van der Waals surface area (Å²) in [6.45, 7) is 6.20. The fourth-order valence-electron chi connectivity index (χ4n) is 1.84. The van der Waals surface area contributed by atoms with E-state index in [1.54, 1.807) is 31.2 Å². The maximum Gasteiger partial charge on any atom is 0.254 e. The molecule has 1 aromatic carbocycles. The molecule has 8 heteroatoms. The Morgan fingerprint density at radius 1 is 1.08 bits per heavy atom. The molecule has 25 heavy (non-hydrogen) atoms. The van der Waals surface area contributed by atoms with Crippen molar-refractivity contribution in [2.45, 2.75) is 20.8 Å². The highest BCUT2D eigenvalue weighted by atomic mass is 19.2. The number of ether oxygens (including phenoxy) is 1. The van der Waals surface area contributed by atoms with E-state index in [9.17, 15) is 17.6 Å². The van der Waals surface area contributed by atoms with Crippen LogP contribution in [0.3, 0.4) is 0 Å². The Balaban J connectivity index is 2.15. The summed E-state index contributed by atoms with van der Waals surface area (Å²) in [5.41, 5.74) is 1.95. The fraction of sp³-hybridized carbons (Fsp3) is 0.294. The van der Waals surface area contributed by atoms with Gasteiger partial charge in [-0.25, -0.2) is 0 Å². The number of nitrogens with one attached hydrogen (secondary N) is 1. The van der Waals surface area contributed by atoms with E-state index >= 15 is 0 Å². The van der Waals surface area contributed by atoms with Gasteiger partial charge < -0.3 is 4.74 Å². The number of anilines is 1. The van der Waals surface area contributed by atoms with Crippen LogP contribution in [0.5, 0.6) is 5.75 Å². The van der Waals surface area contributed by atoms with Crippen molar-refractivity contribution in [2.24, 2.45) is 11.0 Å². The molecule has 0 spiro atoms. The van der Waals surface area contributed by atoms with E-state index in [1.165, 1.54) is 0 Å². The van der Waals surface area contributed by atoms with E-state index in [1.807, 2.05) is 19.3 Å². The summed E-state index contributed by atoms with van der Waals surface area (Å²) in [7, 11) is 0. The number of hydrazone groups is 1. The number of hydrogen-bond acceptors (Lipinski definition) is 4. The molecule has 0 aliphatic carbocycles. The van der Waals surface area contributed by atoms with E-state index in [-0.39, 0.29) is 0 Å². The summed E-state index contributed by atoms with van der Waals surface area (Å²) in [5.74, 6) is -5.73. The summed E-state index contributed by atoms with van der Waals surface area (Å²) in [6.07, 6.45) is 0. The number of aromatic nitrogens is 1. The van der Waals surface area contributed by atoms with E-state index in [2.05, 4.69) is 10.1 Å². The van der Waals surface area contributed by atoms with Gasteiger partial charge in [-0.15, -0.1) is 0 Å². The van der Waals surface area contributed by atoms with E-state index in [4.69, 9.17) is 4.74 Å². The second-order valence-corrected chi connectivity index (χ2v) is 5.73. The van der Waals surface area contributed by atoms with E-state index < -0.39 is 29.2 Å². The van der Waals surface area contributed by atoms with Crippen LogP contribution >= 0.6 is 0 Å². The molecule has 1 N–H and O–H groups in total. The second kappa shape index (κ2) is 7.96. The molecule has 0 amide bonds. The average molecular weight is 355 g/mol. The number of nitrogens with zero attached hydrogens (tertiary/aromatic N) is 2. The molecule has 0 aliphatic rings. The maximum atomic E-state index is 13.5. The summed E-state index contributed by atoms with van der Waals surface area (Å²) in [4.78, 5) is 2.47. The first-order valence-electron chi connectivity index (χ1n) is 7.53. The van der Waals surface area contributed by atoms with Gasteiger partial charge in [0.15, 0.2) is 0 Å². The van der Waals surface area contributed by atoms with Crippen molar-refractivity contribution in [2.75, 3.05) is 12.0 Å². The topological polar surface area (TPSA) is 46.5 Å². The third kappa shape index (κ3) is 4.68. The Morgan fingerprint density at radius 3 is 2.16 bits per heavy atom. The van der Waals surface area contributed by atoms with Gasteiger partial charge in [0.2, 0.25) is 11.6 Å². The predicted octanol–water partition coefficient (Wildman–Crippen LogP) is 4.51. The molecule has 0 radical (unpaired) electrons. The third-order valence-corrected chi connectivity index (χ3v) is 3.19. The minimum Gasteiger partial charge on any atom is -0.493 e. The molecule has 0 atom stereocenters. The molecule has 0 saturated carbocycles. The van der Waals surface area contributed by atoms with Crippen LogP contribution in [-0.4, -0.2) is 17.3 Å². The van der Waals surface area contributed by atoms with Crippen LogP contribution in [-0.2, 0) is 0 Å². The van der Waals surface area contributed by atoms with Gasteiger partial charge in [0, 0.05) is 0 Å². The molecule has 0 fully saturated rings. The van der Waals surface area contributed by atoms with Gasteiger partial charge in [0.05, 0.1) is 12.3 Å². The van der Waals surface area contributed by atoms with Crippen LogP contribution in [0.4, 0.5) is 23.2 Å². The number of hydrogen-bond donors (Lipinski definition) is 1. The predicted molar refractivity (Wildman–Crippen MR) is 86.7 cm³/mol. The summed E-state index contributed by atoms with van der Waals surface area (Å²) in [5, 5.41) is 3.76. The molecule has 134 valence electrons. The van der Waals surface area contributed by atoms with Crippen molar-refractivity contribution < 1.29 is 22.3 Å². The number of rotatable bonds is 6. The van der Waals surface area contributed by atoms with Gasteiger partial charge in [0.1, 0.15) is 11.4 Å². The van der Waals surface area contributed by atoms with Gasteiger partial charge >= 0.3 is 0 Å². The Morgan fingerprint density at radius 2 is 1.64 bits per heavy atom. The molecule has 1 aromatic heterocycles. The number of benzene rings is 1. The highest BCUT2D eigenvalue weighted by Gasteiger charge is 2.20. The highest BCUT2D eigenvalue weighted by Crippen LogP contribution is 2.22. The molecule has 2 rings (SSSR count). The number of pyridine rings is 1. The molecular weight excluding hydrogens is 338 g/mol. The lowest BCUT2D eigenvalue weighted by molar-refractivity contribution is 0.271. The van der Waals surface area contributed by atoms with Crippen molar-refractivity contribution in [3.8, 4) is 5.75 Å². The minimum atomic E-state index is -1.75. The van der Waals surface area contributed by atoms with Gasteiger partial charge in [-0.3, -0.25) is 5.43 Å². The molecule has 2 aromatic rings. The van der Waals surface area contributed by atoms with Crippen LogP contribution < -0.4 is 10.2 Å². The van der Waals surface area contributed by atoms with Crippen molar-refractivity contribution >= 4 is 11.4 Å². The molecule has 0 bridgehead atoms. The van der Waals surface area contributed by atoms with Crippen LogP contribution in [0.2, 0.25) is 0 Å². The lowest BCUT2D eigenvalue weighted by Gasteiger charge is -2.09. The van der Waals surface area contributed by atoms with Crippen LogP contribution in [0.1, 0.15) is 26.3 Å². The zero-order chi connectivity index (χ0) is 18.6. The van der Waals surface area contributed by atoms with Crippen molar-refractivity contribution in [1.82, 2.24) is 4.98 Å². The molecular formula is C17H17F4N3O. The zero-order valence-electron chi connectivity index (χ0n) is 13.9. The molecule has 0 unspecified atom stereocenters. The van der Waals surface area contributed by atoms with Crippen molar-refractivity contribution in [3.63, 3.8) is 0 Å². The van der Waals surface area contributed by atoms with Gasteiger partial charge in [0.25, 0.3) is 11.9 Å². The first kappa shape index (κ1) is 18.7. The van der Waals surface area contributed by atoms with E-state index in [0.717, 1.165) is 0 Å². The Bertz CT molecular complexity index is 750. The minimum absolute atomic E-state index is 0.354. The maximum absolute atomic E-state index is 13.5. The second-order valence-electron chi connectivity index (χ2n) is 5.73. The largest absolute Gasteiger partial charge is 0.493 e. The van der Waals surface area contributed by atoms with Gasteiger partial charge in [-0.1, -0.05) is 13.8 Å². The summed E-state index contributed by atoms with van der Waals surface area (Å²) >= 11 is 0. The molecule has 4 nitrogen and oxygen atoms in total. The van der Waals surface area contributed by atoms with Crippen LogP contribution in [0.25, 0.3) is 0 Å². The average Bonchev–Trinajstić information content (AvgIpc) is 2.58. The Labute approximate surface area is 142 Å². The zero-order valence-corrected chi connectivity index (χ0v) is 13.9. The SMILES string of the molecule is C/C(=N/Nc1c(F)c(F)nc(F)c1F)c1ccc(OCC(C)C)cc1. The first-order valence-corrected chi connectivity index (χ1v) is 7.53. The molecule has 1 heterocycles. The standard InChI is InChI=1S/C17H17F4N3O/c1-9(2)8-25-12-6-4-11(5-7-12)10(3)23-24-15-13(18)16(20)22-17(21)14(15)19/h4-7,9H,8H2,1-3H3,(H,22,24)/b23-10-. The quantitative estimate of drug-likeness (QED) is 0.359. The van der Waals surface area contributed by atoms with Gasteiger partial charge in [-0.05, 0) is 42.7 Å². The van der Waals surface area contributed by atoms with Crippen molar-refractivity contribution in [1.29, 1.82) is 0 Å². The smallest absolute Gasteiger partial charge is 0.254 e. The van der Waals surface area contributed by atoms with Crippen LogP contribution in [0.15, 0.2) is 29.4 Å². The first-order chi connectivity index (χ1) is 11.8. The fourth-order valence-corrected chi connectivity index (χ4v) is 1.84. The molecule has 0 saturated heterocycles. The normalized spacial score (nSPS) is 11.8. The summed E-state index contributed by atoms with van der Waals surface area (Å²) in [6, 6.07) is 6.86. The lowest BCUT2D eigenvalue weighted by Crippen LogP contribution is -2.08. The Kier molecular flexibility index (Phi) is 5.95. The summed E-state index contributed by atoms with van der Waals surface area (Å²) < 4.78 is 58.6.